The molecular formula is C7H10BrN3O. The lowest BCUT2D eigenvalue weighted by Gasteiger charge is -2.01. The minimum absolute atomic E-state index is 0.442. The molecule has 66 valence electrons. The van der Waals surface area contributed by atoms with Crippen LogP contribution in [0.3, 0.4) is 0 Å². The normalized spacial score (nSPS) is 10.2. The number of hydrogen-bond acceptors (Lipinski definition) is 2. The highest BCUT2D eigenvalue weighted by Crippen LogP contribution is 2.15. The number of nitrogens with zero attached hydrogens (tertiary/aromatic N) is 2. The van der Waals surface area contributed by atoms with E-state index in [9.17, 15) is 4.79 Å². The Morgan fingerprint density at radius 3 is 3.00 bits per heavy atom. The SMILES string of the molecule is CCCn1ncc(Br)c1C(N)=O. The quantitative estimate of drug-likeness (QED) is 0.849. The van der Waals surface area contributed by atoms with Gasteiger partial charge >= 0.3 is 0 Å². The first-order valence-corrected chi connectivity index (χ1v) is 4.47. The van der Waals surface area contributed by atoms with E-state index in [-0.39, 0.29) is 0 Å². The fourth-order valence-electron chi connectivity index (χ4n) is 0.989. The number of nitrogens with two attached hydrogens (primary N) is 1. The van der Waals surface area contributed by atoms with Crippen LogP contribution in [0.25, 0.3) is 0 Å². The molecule has 5 heteroatoms. The third-order valence-electron chi connectivity index (χ3n) is 1.46. The fraction of sp³-hybridized carbons (Fsp3) is 0.429. The summed E-state index contributed by atoms with van der Waals surface area (Å²) < 4.78 is 2.26. The van der Waals surface area contributed by atoms with E-state index in [4.69, 9.17) is 5.73 Å². The molecule has 1 aromatic rings. The van der Waals surface area contributed by atoms with Gasteiger partial charge < -0.3 is 5.73 Å². The van der Waals surface area contributed by atoms with Gasteiger partial charge in [0.05, 0.1) is 10.7 Å². The standard InChI is InChI=1S/C7H10BrN3O/c1-2-3-11-6(7(9)12)5(8)4-10-11/h4H,2-3H2,1H3,(H2,9,12). The Bertz CT molecular complexity index is 295. The number of hydrogen-bond donors (Lipinski definition) is 1. The van der Waals surface area contributed by atoms with Gasteiger partial charge in [-0.3, -0.25) is 9.48 Å². The number of carbonyl (C=O) groups is 1. The number of amides is 1. The highest BCUT2D eigenvalue weighted by molar-refractivity contribution is 9.10. The van der Waals surface area contributed by atoms with Crippen molar-refractivity contribution in [3.63, 3.8) is 0 Å². The summed E-state index contributed by atoms with van der Waals surface area (Å²) in [6, 6.07) is 0. The van der Waals surface area contributed by atoms with Crippen molar-refractivity contribution in [2.75, 3.05) is 0 Å². The summed E-state index contributed by atoms with van der Waals surface area (Å²) in [4.78, 5) is 10.9. The average Bonchev–Trinajstić information content (AvgIpc) is 2.32. The second-order valence-electron chi connectivity index (χ2n) is 2.43. The molecule has 2 N–H and O–H groups in total. The molecule has 12 heavy (non-hydrogen) atoms. The molecule has 0 unspecified atom stereocenters. The van der Waals surface area contributed by atoms with Crippen LogP contribution in [-0.4, -0.2) is 15.7 Å². The number of rotatable bonds is 3. The monoisotopic (exact) mass is 231 g/mol. The average molecular weight is 232 g/mol. The van der Waals surface area contributed by atoms with Crippen LogP contribution in [-0.2, 0) is 6.54 Å². The van der Waals surface area contributed by atoms with Crippen molar-refractivity contribution in [1.82, 2.24) is 9.78 Å². The Morgan fingerprint density at radius 1 is 1.83 bits per heavy atom. The predicted octanol–water partition coefficient (Wildman–Crippen LogP) is 1.15. The molecule has 0 fully saturated rings. The second kappa shape index (κ2) is 3.71. The van der Waals surface area contributed by atoms with Crippen LogP contribution >= 0.6 is 15.9 Å². The first-order chi connectivity index (χ1) is 5.66. The molecule has 1 amide bonds. The lowest BCUT2D eigenvalue weighted by molar-refractivity contribution is 0.0989. The maximum Gasteiger partial charge on any atom is 0.268 e. The summed E-state index contributed by atoms with van der Waals surface area (Å²) in [5, 5.41) is 4.00. The zero-order valence-electron chi connectivity index (χ0n) is 6.75. The van der Waals surface area contributed by atoms with E-state index in [1.807, 2.05) is 6.92 Å². The zero-order chi connectivity index (χ0) is 9.14. The van der Waals surface area contributed by atoms with E-state index in [1.54, 1.807) is 10.9 Å². The number of carbonyl (C=O) groups excluding carboxylic acids is 1. The Morgan fingerprint density at radius 2 is 2.50 bits per heavy atom. The smallest absolute Gasteiger partial charge is 0.268 e. The molecule has 0 saturated heterocycles. The van der Waals surface area contributed by atoms with Crippen molar-refractivity contribution in [2.24, 2.45) is 5.73 Å². The van der Waals surface area contributed by atoms with Crippen LogP contribution in [0.1, 0.15) is 23.8 Å². The van der Waals surface area contributed by atoms with Crippen molar-refractivity contribution in [1.29, 1.82) is 0 Å². The van der Waals surface area contributed by atoms with Gasteiger partial charge in [0.15, 0.2) is 0 Å². The van der Waals surface area contributed by atoms with Gasteiger partial charge in [0.1, 0.15) is 5.69 Å². The predicted molar refractivity (Wildman–Crippen MR) is 48.7 cm³/mol. The summed E-state index contributed by atoms with van der Waals surface area (Å²) in [5.41, 5.74) is 5.60. The maximum absolute atomic E-state index is 10.9. The van der Waals surface area contributed by atoms with Crippen LogP contribution < -0.4 is 5.73 Å². The Labute approximate surface area is 78.9 Å². The largest absolute Gasteiger partial charge is 0.364 e. The first kappa shape index (κ1) is 9.25. The van der Waals surface area contributed by atoms with E-state index in [0.29, 0.717) is 16.7 Å². The van der Waals surface area contributed by atoms with Gasteiger partial charge in [0.2, 0.25) is 0 Å². The Kier molecular flexibility index (Phi) is 2.86. The molecule has 0 aliphatic heterocycles. The molecule has 0 spiro atoms. The molecule has 1 rings (SSSR count). The van der Waals surface area contributed by atoms with Crippen LogP contribution in [0.15, 0.2) is 10.7 Å². The fourth-order valence-corrected chi connectivity index (χ4v) is 1.48. The van der Waals surface area contributed by atoms with Gasteiger partial charge in [-0.2, -0.15) is 5.10 Å². The van der Waals surface area contributed by atoms with Crippen LogP contribution in [0, 0.1) is 0 Å². The van der Waals surface area contributed by atoms with E-state index in [2.05, 4.69) is 21.0 Å². The van der Waals surface area contributed by atoms with Gasteiger partial charge in [-0.1, -0.05) is 6.92 Å². The van der Waals surface area contributed by atoms with Crippen LogP contribution in [0.2, 0.25) is 0 Å². The van der Waals surface area contributed by atoms with Crippen molar-refractivity contribution in [3.05, 3.63) is 16.4 Å². The van der Waals surface area contributed by atoms with Crippen molar-refractivity contribution >= 4 is 21.8 Å². The number of aryl methyl sites for hydroxylation is 1. The summed E-state index contributed by atoms with van der Waals surface area (Å²) in [6.07, 6.45) is 2.50. The minimum atomic E-state index is -0.451. The number of primary amides is 1. The molecule has 0 bridgehead atoms. The Hall–Kier alpha value is -0.840. The molecular weight excluding hydrogens is 222 g/mol. The molecule has 1 heterocycles. The number of halogens is 1. The summed E-state index contributed by atoms with van der Waals surface area (Å²) >= 11 is 3.20. The van der Waals surface area contributed by atoms with Gasteiger partial charge in [-0.25, -0.2) is 0 Å². The van der Waals surface area contributed by atoms with Crippen LogP contribution in [0.4, 0.5) is 0 Å². The topological polar surface area (TPSA) is 60.9 Å². The third-order valence-corrected chi connectivity index (χ3v) is 2.04. The summed E-state index contributed by atoms with van der Waals surface area (Å²) in [5.74, 6) is -0.451. The molecule has 0 atom stereocenters. The van der Waals surface area contributed by atoms with E-state index < -0.39 is 5.91 Å². The molecule has 4 nitrogen and oxygen atoms in total. The molecule has 0 aromatic carbocycles. The van der Waals surface area contributed by atoms with Gasteiger partial charge in [-0.15, -0.1) is 0 Å². The van der Waals surface area contributed by atoms with E-state index in [0.717, 1.165) is 6.42 Å². The molecule has 0 aliphatic rings. The van der Waals surface area contributed by atoms with Crippen molar-refractivity contribution in [3.8, 4) is 0 Å². The molecule has 1 aromatic heterocycles. The molecule has 0 radical (unpaired) electrons. The lowest BCUT2D eigenvalue weighted by Crippen LogP contribution is -2.18. The van der Waals surface area contributed by atoms with Gasteiger partial charge in [0, 0.05) is 6.54 Å². The van der Waals surface area contributed by atoms with Crippen molar-refractivity contribution < 1.29 is 4.79 Å². The third kappa shape index (κ3) is 1.66. The van der Waals surface area contributed by atoms with Gasteiger partial charge in [0.25, 0.3) is 5.91 Å². The molecule has 0 saturated carbocycles. The lowest BCUT2D eigenvalue weighted by atomic mass is 10.4. The number of aromatic nitrogens is 2. The summed E-state index contributed by atoms with van der Waals surface area (Å²) in [7, 11) is 0. The summed E-state index contributed by atoms with van der Waals surface area (Å²) in [6.45, 7) is 2.73. The van der Waals surface area contributed by atoms with Gasteiger partial charge in [-0.05, 0) is 22.4 Å². The molecule has 0 aliphatic carbocycles. The first-order valence-electron chi connectivity index (χ1n) is 3.68. The highest BCUT2D eigenvalue weighted by atomic mass is 79.9. The van der Waals surface area contributed by atoms with E-state index >= 15 is 0 Å². The zero-order valence-corrected chi connectivity index (χ0v) is 8.34. The van der Waals surface area contributed by atoms with Crippen LogP contribution in [0.5, 0.6) is 0 Å². The highest BCUT2D eigenvalue weighted by Gasteiger charge is 2.12. The minimum Gasteiger partial charge on any atom is -0.364 e. The Balaban J connectivity index is 3.04. The van der Waals surface area contributed by atoms with E-state index in [1.165, 1.54) is 0 Å². The second-order valence-corrected chi connectivity index (χ2v) is 3.28. The maximum atomic E-state index is 10.9. The van der Waals surface area contributed by atoms with Crippen molar-refractivity contribution in [2.45, 2.75) is 19.9 Å².